The fourth-order valence-electron chi connectivity index (χ4n) is 2.98. The van der Waals surface area contributed by atoms with Gasteiger partial charge in [0.05, 0.1) is 30.4 Å². The Morgan fingerprint density at radius 2 is 1.92 bits per heavy atom. The average molecular weight is 433 g/mol. The van der Waals surface area contributed by atoms with E-state index < -0.39 is 0 Å². The largest absolute Gasteiger partial charge is 0.493 e. The number of thioether (sulfide) groups is 2. The summed E-state index contributed by atoms with van der Waals surface area (Å²) in [6.45, 7) is 0. The van der Waals surface area contributed by atoms with Crippen molar-refractivity contribution in [3.8, 4) is 11.5 Å². The monoisotopic (exact) mass is 432 g/mol. The van der Waals surface area contributed by atoms with Crippen LogP contribution >= 0.6 is 46.5 Å². The highest BCUT2D eigenvalue weighted by molar-refractivity contribution is 8.18. The number of benzene rings is 1. The molecule has 0 saturated carbocycles. The Balaban J connectivity index is 2.05. The quantitative estimate of drug-likeness (QED) is 0.557. The minimum Gasteiger partial charge on any atom is -0.493 e. The summed E-state index contributed by atoms with van der Waals surface area (Å²) in [6.07, 6.45) is 2.33. The molecule has 1 aromatic carbocycles. The van der Waals surface area contributed by atoms with Gasteiger partial charge >= 0.3 is 5.97 Å². The lowest BCUT2D eigenvalue weighted by molar-refractivity contribution is -0.140. The van der Waals surface area contributed by atoms with E-state index in [0.717, 1.165) is 28.0 Å². The number of thiophene rings is 1. The van der Waals surface area contributed by atoms with Crippen LogP contribution in [0.4, 0.5) is 0 Å². The lowest BCUT2D eigenvalue weighted by Gasteiger charge is -2.35. The van der Waals surface area contributed by atoms with Crippen molar-refractivity contribution in [2.45, 2.75) is 23.3 Å². The Bertz CT molecular complexity index is 799. The van der Waals surface area contributed by atoms with Crippen LogP contribution in [-0.2, 0) is 13.6 Å². The summed E-state index contributed by atoms with van der Waals surface area (Å²) in [4.78, 5) is 13.0. The number of fused-ring (bicyclic) bond motifs is 1. The van der Waals surface area contributed by atoms with E-state index in [4.69, 9.17) is 25.8 Å². The number of halogens is 1. The number of hydrogen-bond acceptors (Lipinski definition) is 7. The fraction of sp³-hybridized carbons (Fsp3) is 0.500. The Hall–Kier alpha value is -0.760. The molecule has 1 fully saturated rings. The topological polar surface area (TPSA) is 44.8 Å². The van der Waals surface area contributed by atoms with Gasteiger partial charge in [0.1, 0.15) is 0 Å². The van der Waals surface area contributed by atoms with Crippen LogP contribution in [0.5, 0.6) is 11.5 Å². The van der Waals surface area contributed by atoms with Gasteiger partial charge in [0.15, 0.2) is 11.5 Å². The van der Waals surface area contributed by atoms with E-state index in [0.29, 0.717) is 22.9 Å². The van der Waals surface area contributed by atoms with Gasteiger partial charge < -0.3 is 14.2 Å². The summed E-state index contributed by atoms with van der Waals surface area (Å²) in [7, 11) is 4.64. The second kappa shape index (κ2) is 8.50. The number of carbonyl (C=O) groups is 1. The zero-order valence-corrected chi connectivity index (χ0v) is 18.1. The highest BCUT2D eigenvalue weighted by atomic mass is 35.5. The van der Waals surface area contributed by atoms with Crippen LogP contribution in [0.25, 0.3) is 10.1 Å². The zero-order valence-electron chi connectivity index (χ0n) is 14.9. The maximum absolute atomic E-state index is 11.7. The van der Waals surface area contributed by atoms with E-state index >= 15 is 0 Å². The van der Waals surface area contributed by atoms with Gasteiger partial charge in [-0.25, -0.2) is 0 Å². The van der Waals surface area contributed by atoms with Crippen LogP contribution in [0.2, 0.25) is 5.02 Å². The molecule has 8 heteroatoms. The molecule has 0 N–H and O–H groups in total. The summed E-state index contributed by atoms with van der Waals surface area (Å²) in [6, 6.07) is 4.12. The van der Waals surface area contributed by atoms with Crippen LogP contribution in [-0.4, -0.2) is 38.8 Å². The van der Waals surface area contributed by atoms with Crippen LogP contribution in [0.15, 0.2) is 12.1 Å². The average Bonchev–Trinajstić information content (AvgIpc) is 3.11. The molecule has 2 aromatic rings. The first-order chi connectivity index (χ1) is 12.5. The number of rotatable bonds is 6. The molecule has 1 aromatic heterocycles. The van der Waals surface area contributed by atoms with Crippen LogP contribution in [0, 0.1) is 0 Å². The van der Waals surface area contributed by atoms with E-state index in [1.54, 1.807) is 25.6 Å². The van der Waals surface area contributed by atoms with Gasteiger partial charge in [-0.3, -0.25) is 4.79 Å². The molecule has 1 aliphatic heterocycles. The lowest BCUT2D eigenvalue weighted by atomic mass is 10.1. The predicted molar refractivity (Wildman–Crippen MR) is 112 cm³/mol. The first-order valence-corrected chi connectivity index (χ1v) is 11.4. The van der Waals surface area contributed by atoms with Gasteiger partial charge in [0, 0.05) is 27.5 Å². The molecule has 4 nitrogen and oxygen atoms in total. The van der Waals surface area contributed by atoms with Crippen molar-refractivity contribution in [2.75, 3.05) is 32.8 Å². The Kier molecular flexibility index (Phi) is 6.54. The standard InChI is InChI=1S/C18H21ClO4S3/c1-21-12-10-13-11(16(19)17(12)23-3)9-14(26-13)18(6-5-15(20)22-2)24-7-4-8-25-18/h9-10H,4-8H2,1-3H3. The fourth-order valence-corrected chi connectivity index (χ4v) is 8.22. The highest BCUT2D eigenvalue weighted by Crippen LogP contribution is 2.57. The van der Waals surface area contributed by atoms with Crippen molar-refractivity contribution < 1.29 is 19.0 Å². The first kappa shape index (κ1) is 20.0. The van der Waals surface area contributed by atoms with E-state index in [9.17, 15) is 4.79 Å². The number of methoxy groups -OCH3 is 3. The molecule has 0 spiro atoms. The third kappa shape index (κ3) is 3.77. The normalized spacial score (nSPS) is 16.5. The first-order valence-electron chi connectivity index (χ1n) is 8.24. The smallest absolute Gasteiger partial charge is 0.305 e. The minimum absolute atomic E-state index is 0.139. The molecule has 0 radical (unpaired) electrons. The Labute approximate surface area is 170 Å². The van der Waals surface area contributed by atoms with E-state index in [-0.39, 0.29) is 10.0 Å². The zero-order chi connectivity index (χ0) is 18.7. The van der Waals surface area contributed by atoms with E-state index in [1.165, 1.54) is 18.4 Å². The Morgan fingerprint density at radius 1 is 1.19 bits per heavy atom. The van der Waals surface area contributed by atoms with Crippen molar-refractivity contribution in [2.24, 2.45) is 0 Å². The molecular formula is C18H21ClO4S3. The molecule has 1 saturated heterocycles. The second-order valence-corrected chi connectivity index (χ2v) is 10.3. The molecule has 26 heavy (non-hydrogen) atoms. The summed E-state index contributed by atoms with van der Waals surface area (Å²) >= 11 is 12.1. The number of hydrogen-bond donors (Lipinski definition) is 0. The molecule has 0 amide bonds. The van der Waals surface area contributed by atoms with Crippen molar-refractivity contribution in [1.82, 2.24) is 0 Å². The Morgan fingerprint density at radius 3 is 2.54 bits per heavy atom. The summed E-state index contributed by atoms with van der Waals surface area (Å²) in [5, 5.41) is 1.53. The van der Waals surface area contributed by atoms with Crippen molar-refractivity contribution >= 4 is 62.5 Å². The molecule has 0 atom stereocenters. The number of carbonyl (C=O) groups excluding carboxylic acids is 1. The van der Waals surface area contributed by atoms with Crippen molar-refractivity contribution in [1.29, 1.82) is 0 Å². The molecule has 3 rings (SSSR count). The molecule has 0 bridgehead atoms. The summed E-state index contributed by atoms with van der Waals surface area (Å²) < 4.78 is 16.6. The van der Waals surface area contributed by atoms with Gasteiger partial charge in [-0.1, -0.05) is 11.6 Å². The van der Waals surface area contributed by atoms with Crippen molar-refractivity contribution in [3.63, 3.8) is 0 Å². The van der Waals surface area contributed by atoms with Crippen molar-refractivity contribution in [3.05, 3.63) is 22.0 Å². The SMILES string of the molecule is COC(=O)CCC1(c2cc3c(Cl)c(OC)c(OC)cc3s2)SCCCS1. The molecule has 0 aliphatic carbocycles. The summed E-state index contributed by atoms with van der Waals surface area (Å²) in [5.74, 6) is 3.19. The van der Waals surface area contributed by atoms with Gasteiger partial charge in [-0.05, 0) is 30.4 Å². The van der Waals surface area contributed by atoms with E-state index in [1.807, 2.05) is 29.6 Å². The molecule has 0 unspecified atom stereocenters. The van der Waals surface area contributed by atoms with Crippen LogP contribution in [0.3, 0.4) is 0 Å². The maximum Gasteiger partial charge on any atom is 0.305 e. The van der Waals surface area contributed by atoms with Gasteiger partial charge in [0.25, 0.3) is 0 Å². The molecule has 142 valence electrons. The number of ether oxygens (including phenoxy) is 3. The second-order valence-electron chi connectivity index (χ2n) is 5.83. The molecular weight excluding hydrogens is 412 g/mol. The highest BCUT2D eigenvalue weighted by Gasteiger charge is 2.38. The maximum atomic E-state index is 11.7. The summed E-state index contributed by atoms with van der Waals surface area (Å²) in [5.41, 5.74) is 0. The lowest BCUT2D eigenvalue weighted by Crippen LogP contribution is -2.23. The third-order valence-electron chi connectivity index (χ3n) is 4.33. The molecule has 1 aliphatic rings. The van der Waals surface area contributed by atoms with Gasteiger partial charge in [-0.2, -0.15) is 0 Å². The minimum atomic E-state index is -0.168. The third-order valence-corrected chi connectivity index (χ3v) is 9.68. The number of esters is 1. The van der Waals surface area contributed by atoms with Crippen LogP contribution in [0.1, 0.15) is 24.1 Å². The van der Waals surface area contributed by atoms with Gasteiger partial charge in [0.2, 0.25) is 0 Å². The van der Waals surface area contributed by atoms with E-state index in [2.05, 4.69) is 6.07 Å². The molecule has 2 heterocycles. The predicted octanol–water partition coefficient (Wildman–Crippen LogP) is 5.55. The van der Waals surface area contributed by atoms with Gasteiger partial charge in [-0.15, -0.1) is 34.9 Å². The van der Waals surface area contributed by atoms with Crippen LogP contribution < -0.4 is 9.47 Å².